The molecule has 1 aromatic rings. The van der Waals surface area contributed by atoms with E-state index in [1.165, 1.54) is 0 Å². The molecule has 3 nitrogen and oxygen atoms in total. The molecule has 102 valence electrons. The highest BCUT2D eigenvalue weighted by Crippen LogP contribution is 2.27. The van der Waals surface area contributed by atoms with Crippen LogP contribution in [-0.4, -0.2) is 30.4 Å². The van der Waals surface area contributed by atoms with Crippen LogP contribution in [-0.2, 0) is 0 Å². The molecule has 0 saturated carbocycles. The van der Waals surface area contributed by atoms with Crippen LogP contribution in [0.25, 0.3) is 0 Å². The van der Waals surface area contributed by atoms with Crippen molar-refractivity contribution in [2.24, 2.45) is 0 Å². The first-order valence-corrected chi connectivity index (χ1v) is 7.15. The summed E-state index contributed by atoms with van der Waals surface area (Å²) < 4.78 is 0.942. The molecular formula is C14H22BrNO2. The minimum atomic E-state index is -0.455. The second kappa shape index (κ2) is 7.77. The lowest BCUT2D eigenvalue weighted by atomic mass is 10.1. The molecule has 2 N–H and O–H groups in total. The molecule has 1 rings (SSSR count). The average molecular weight is 316 g/mol. The van der Waals surface area contributed by atoms with E-state index >= 15 is 0 Å². The van der Waals surface area contributed by atoms with Crippen molar-refractivity contribution in [2.45, 2.75) is 32.3 Å². The summed E-state index contributed by atoms with van der Waals surface area (Å²) in [5.74, 6) is 0. The average Bonchev–Trinajstić information content (AvgIpc) is 2.33. The second-order valence-electron chi connectivity index (χ2n) is 4.59. The maximum Gasteiger partial charge on any atom is 0.0772 e. The van der Waals surface area contributed by atoms with Crippen molar-refractivity contribution in [2.75, 3.05) is 25.1 Å². The zero-order valence-electron chi connectivity index (χ0n) is 11.1. The smallest absolute Gasteiger partial charge is 0.0772 e. The molecule has 0 amide bonds. The van der Waals surface area contributed by atoms with Crippen LogP contribution in [0.1, 0.15) is 37.9 Å². The number of nitrogens with zero attached hydrogens (tertiary/aromatic N) is 1. The third-order valence-corrected chi connectivity index (χ3v) is 3.71. The van der Waals surface area contributed by atoms with E-state index in [0.29, 0.717) is 0 Å². The van der Waals surface area contributed by atoms with E-state index in [1.54, 1.807) is 6.92 Å². The van der Waals surface area contributed by atoms with Gasteiger partial charge in [-0.2, -0.15) is 0 Å². The maximum atomic E-state index is 9.57. The number of unbranched alkanes of at least 4 members (excludes halogenated alkanes) is 2. The van der Waals surface area contributed by atoms with Gasteiger partial charge in [-0.1, -0.05) is 22.0 Å². The molecule has 0 aliphatic rings. The van der Waals surface area contributed by atoms with Crippen LogP contribution in [0.2, 0.25) is 0 Å². The molecular weight excluding hydrogens is 294 g/mol. The summed E-state index contributed by atoms with van der Waals surface area (Å²) in [4.78, 5) is 2.19. The van der Waals surface area contributed by atoms with Crippen molar-refractivity contribution in [3.63, 3.8) is 0 Å². The number of hydrogen-bond acceptors (Lipinski definition) is 3. The van der Waals surface area contributed by atoms with Gasteiger partial charge in [0.2, 0.25) is 0 Å². The van der Waals surface area contributed by atoms with Crippen LogP contribution in [0.15, 0.2) is 22.7 Å². The Labute approximate surface area is 118 Å². The summed E-state index contributed by atoms with van der Waals surface area (Å²) in [6, 6.07) is 6.02. The number of aliphatic hydroxyl groups excluding tert-OH is 2. The van der Waals surface area contributed by atoms with Crippen molar-refractivity contribution in [3.05, 3.63) is 28.2 Å². The fraction of sp³-hybridized carbons (Fsp3) is 0.571. The Kier molecular flexibility index (Phi) is 6.68. The first-order valence-electron chi connectivity index (χ1n) is 6.35. The highest BCUT2D eigenvalue weighted by Gasteiger charge is 2.08. The van der Waals surface area contributed by atoms with Crippen LogP contribution < -0.4 is 4.90 Å². The predicted molar refractivity (Wildman–Crippen MR) is 79.0 cm³/mol. The summed E-state index contributed by atoms with van der Waals surface area (Å²) in [7, 11) is 2.06. The molecule has 0 saturated heterocycles. The largest absolute Gasteiger partial charge is 0.396 e. The van der Waals surface area contributed by atoms with Crippen LogP contribution >= 0.6 is 15.9 Å². The normalized spacial score (nSPS) is 12.5. The number of anilines is 1. The monoisotopic (exact) mass is 315 g/mol. The molecule has 18 heavy (non-hydrogen) atoms. The Balaban J connectivity index is 2.58. The van der Waals surface area contributed by atoms with E-state index in [9.17, 15) is 5.11 Å². The molecule has 0 heterocycles. The second-order valence-corrected chi connectivity index (χ2v) is 5.44. The van der Waals surface area contributed by atoms with Gasteiger partial charge < -0.3 is 15.1 Å². The molecule has 0 fully saturated rings. The van der Waals surface area contributed by atoms with Gasteiger partial charge in [-0.15, -0.1) is 0 Å². The Morgan fingerprint density at radius 3 is 2.56 bits per heavy atom. The fourth-order valence-corrected chi connectivity index (χ4v) is 2.56. The van der Waals surface area contributed by atoms with Crippen LogP contribution in [0.5, 0.6) is 0 Å². The molecule has 0 bridgehead atoms. The SMILES string of the molecule is CC(O)c1ccc(N(C)CCCCCO)cc1Br. The van der Waals surface area contributed by atoms with Crippen molar-refractivity contribution < 1.29 is 10.2 Å². The number of benzene rings is 1. The molecule has 0 aliphatic heterocycles. The Morgan fingerprint density at radius 1 is 1.28 bits per heavy atom. The van der Waals surface area contributed by atoms with E-state index in [-0.39, 0.29) is 6.61 Å². The van der Waals surface area contributed by atoms with E-state index in [4.69, 9.17) is 5.11 Å². The molecule has 4 heteroatoms. The lowest BCUT2D eigenvalue weighted by Gasteiger charge is -2.20. The number of aliphatic hydroxyl groups is 2. The van der Waals surface area contributed by atoms with Crippen molar-refractivity contribution in [3.8, 4) is 0 Å². The van der Waals surface area contributed by atoms with E-state index < -0.39 is 6.10 Å². The van der Waals surface area contributed by atoms with Gasteiger partial charge in [0.1, 0.15) is 0 Å². The lowest BCUT2D eigenvalue weighted by Crippen LogP contribution is -2.18. The molecule has 1 unspecified atom stereocenters. The number of hydrogen-bond donors (Lipinski definition) is 2. The van der Waals surface area contributed by atoms with E-state index in [0.717, 1.165) is 41.5 Å². The first-order chi connectivity index (χ1) is 8.56. The molecule has 0 aliphatic carbocycles. The quantitative estimate of drug-likeness (QED) is 0.760. The maximum absolute atomic E-state index is 9.57. The summed E-state index contributed by atoms with van der Waals surface area (Å²) in [6.45, 7) is 3.01. The Bertz CT molecular complexity index is 369. The van der Waals surface area contributed by atoms with Gasteiger partial charge in [0.15, 0.2) is 0 Å². The number of halogens is 1. The van der Waals surface area contributed by atoms with Crippen LogP contribution in [0.4, 0.5) is 5.69 Å². The molecule has 0 spiro atoms. The number of rotatable bonds is 7. The highest BCUT2D eigenvalue weighted by atomic mass is 79.9. The molecule has 0 aromatic heterocycles. The van der Waals surface area contributed by atoms with Crippen molar-refractivity contribution in [1.82, 2.24) is 0 Å². The third-order valence-electron chi connectivity index (χ3n) is 3.03. The summed E-state index contributed by atoms with van der Waals surface area (Å²) in [5, 5.41) is 18.3. The minimum Gasteiger partial charge on any atom is -0.396 e. The predicted octanol–water partition coefficient (Wildman–Crippen LogP) is 3.10. The van der Waals surface area contributed by atoms with Gasteiger partial charge in [0.05, 0.1) is 6.10 Å². The van der Waals surface area contributed by atoms with Crippen molar-refractivity contribution >= 4 is 21.6 Å². The molecule has 0 radical (unpaired) electrons. The lowest BCUT2D eigenvalue weighted by molar-refractivity contribution is 0.198. The Hall–Kier alpha value is -0.580. The zero-order valence-corrected chi connectivity index (χ0v) is 12.7. The summed E-state index contributed by atoms with van der Waals surface area (Å²) >= 11 is 3.49. The third kappa shape index (κ3) is 4.59. The summed E-state index contributed by atoms with van der Waals surface area (Å²) in [6.07, 6.45) is 2.54. The molecule has 1 atom stereocenters. The highest BCUT2D eigenvalue weighted by molar-refractivity contribution is 9.10. The summed E-state index contributed by atoms with van der Waals surface area (Å²) in [5.41, 5.74) is 2.04. The van der Waals surface area contributed by atoms with Gasteiger partial charge in [-0.05, 0) is 43.9 Å². The standard InChI is InChI=1S/C14H22BrNO2/c1-11(18)13-7-6-12(10-14(13)15)16(2)8-4-3-5-9-17/h6-7,10-11,17-18H,3-5,8-9H2,1-2H3. The van der Waals surface area contributed by atoms with E-state index in [2.05, 4.69) is 27.9 Å². The first kappa shape index (κ1) is 15.5. The van der Waals surface area contributed by atoms with Gasteiger partial charge in [-0.3, -0.25) is 0 Å². The van der Waals surface area contributed by atoms with Crippen LogP contribution in [0, 0.1) is 0 Å². The molecule has 1 aromatic carbocycles. The van der Waals surface area contributed by atoms with Gasteiger partial charge in [-0.25, -0.2) is 0 Å². The van der Waals surface area contributed by atoms with Gasteiger partial charge >= 0.3 is 0 Å². The van der Waals surface area contributed by atoms with Crippen molar-refractivity contribution in [1.29, 1.82) is 0 Å². The topological polar surface area (TPSA) is 43.7 Å². The zero-order chi connectivity index (χ0) is 13.5. The van der Waals surface area contributed by atoms with Crippen LogP contribution in [0.3, 0.4) is 0 Å². The Morgan fingerprint density at radius 2 is 2.00 bits per heavy atom. The van der Waals surface area contributed by atoms with Gasteiger partial charge in [0, 0.05) is 30.4 Å². The minimum absolute atomic E-state index is 0.276. The van der Waals surface area contributed by atoms with Gasteiger partial charge in [0.25, 0.3) is 0 Å². The fourth-order valence-electron chi connectivity index (χ4n) is 1.86. The van der Waals surface area contributed by atoms with E-state index in [1.807, 2.05) is 18.2 Å².